The second-order valence-electron chi connectivity index (χ2n) is 6.82. The molecule has 2 aromatic carbocycles. The molecule has 0 radical (unpaired) electrons. The number of aromatic nitrogens is 6. The lowest BCUT2D eigenvalue weighted by Gasteiger charge is -2.04. The zero-order valence-electron chi connectivity index (χ0n) is 15.2. The highest BCUT2D eigenvalue weighted by Gasteiger charge is 2.26. The van der Waals surface area contributed by atoms with E-state index in [1.54, 1.807) is 7.11 Å². The fourth-order valence-electron chi connectivity index (χ4n) is 4.12. The van der Waals surface area contributed by atoms with Crippen LogP contribution in [-0.4, -0.2) is 30.3 Å². The number of ether oxygens (including phenoxy) is 1. The van der Waals surface area contributed by atoms with Gasteiger partial charge in [-0.1, -0.05) is 12.1 Å². The predicted octanol–water partition coefficient (Wildman–Crippen LogP) is 2.68. The zero-order chi connectivity index (χ0) is 18.3. The van der Waals surface area contributed by atoms with E-state index in [1.165, 1.54) is 0 Å². The number of fused-ring (bicyclic) bond motifs is 10. The highest BCUT2D eigenvalue weighted by atomic mass is 16.5. The van der Waals surface area contributed by atoms with Gasteiger partial charge in [0.1, 0.15) is 23.0 Å². The van der Waals surface area contributed by atoms with E-state index >= 15 is 0 Å². The summed E-state index contributed by atoms with van der Waals surface area (Å²) in [5.74, 6) is 3.53. The van der Waals surface area contributed by atoms with Gasteiger partial charge in [-0.2, -0.15) is 18.8 Å². The largest absolute Gasteiger partial charge is 0.496 e. The Morgan fingerprint density at radius 2 is 1.78 bits per heavy atom. The fourth-order valence-corrected chi connectivity index (χ4v) is 4.12. The van der Waals surface area contributed by atoms with Crippen LogP contribution in [0.4, 0.5) is 0 Å². The molecule has 7 nitrogen and oxygen atoms in total. The summed E-state index contributed by atoms with van der Waals surface area (Å²) in [4.78, 5) is 9.84. The molecule has 0 atom stereocenters. The van der Waals surface area contributed by atoms with Gasteiger partial charge in [0, 0.05) is 5.56 Å². The van der Waals surface area contributed by atoms with Crippen LogP contribution < -0.4 is 9.30 Å². The number of methoxy groups -OCH3 is 1. The Kier molecular flexibility index (Phi) is 2.56. The van der Waals surface area contributed by atoms with Crippen LogP contribution in [-0.2, 0) is 7.05 Å². The summed E-state index contributed by atoms with van der Waals surface area (Å²) in [6, 6.07) is 12.1. The van der Waals surface area contributed by atoms with Gasteiger partial charge in [0.2, 0.25) is 0 Å². The Bertz CT molecular complexity index is 1530. The lowest BCUT2D eigenvalue weighted by Crippen LogP contribution is -2.28. The number of imidazole rings is 3. The predicted molar refractivity (Wildman–Crippen MR) is 102 cm³/mol. The van der Waals surface area contributed by atoms with Gasteiger partial charge in [-0.15, -0.1) is 0 Å². The van der Waals surface area contributed by atoms with E-state index in [-0.39, 0.29) is 0 Å². The number of nitrogens with zero attached hydrogens (tertiary/aromatic N) is 6. The fraction of sp³-hybridized carbons (Fsp3) is 0.150. The van der Waals surface area contributed by atoms with Crippen molar-refractivity contribution >= 4 is 39.4 Å². The van der Waals surface area contributed by atoms with Crippen LogP contribution in [0, 0.1) is 6.92 Å². The monoisotopic (exact) mass is 357 g/mol. The number of hydrogen-bond acceptors (Lipinski definition) is 3. The molecule has 4 aromatic heterocycles. The van der Waals surface area contributed by atoms with E-state index in [2.05, 4.69) is 30.8 Å². The summed E-state index contributed by atoms with van der Waals surface area (Å²) in [5.41, 5.74) is 5.03. The van der Waals surface area contributed by atoms with E-state index in [9.17, 15) is 0 Å². The van der Waals surface area contributed by atoms with Crippen LogP contribution >= 0.6 is 0 Å². The molecule has 0 fully saturated rings. The van der Waals surface area contributed by atoms with E-state index < -0.39 is 0 Å². The Morgan fingerprint density at radius 1 is 0.963 bits per heavy atom. The Morgan fingerprint density at radius 3 is 2.63 bits per heavy atom. The van der Waals surface area contributed by atoms with Crippen molar-refractivity contribution in [1.82, 2.24) is 23.2 Å². The molecule has 0 spiro atoms. The van der Waals surface area contributed by atoms with Gasteiger partial charge in [-0.05, 0) is 31.2 Å². The maximum Gasteiger partial charge on any atom is 0.379 e. The van der Waals surface area contributed by atoms with Crippen LogP contribution in [0.3, 0.4) is 0 Å². The van der Waals surface area contributed by atoms with Gasteiger partial charge in [0.25, 0.3) is 11.6 Å². The summed E-state index contributed by atoms with van der Waals surface area (Å²) in [5, 5.41) is 0. The van der Waals surface area contributed by atoms with Gasteiger partial charge in [0.05, 0.1) is 31.4 Å². The Labute approximate surface area is 153 Å². The maximum atomic E-state index is 5.56. The van der Waals surface area contributed by atoms with E-state index in [0.717, 1.165) is 50.7 Å². The van der Waals surface area contributed by atoms with Crippen molar-refractivity contribution in [2.75, 3.05) is 7.11 Å². The second-order valence-corrected chi connectivity index (χ2v) is 6.82. The first-order valence-electron chi connectivity index (χ1n) is 8.80. The van der Waals surface area contributed by atoms with E-state index in [4.69, 9.17) is 14.7 Å². The molecule has 0 N–H and O–H groups in total. The minimum absolute atomic E-state index is 0.840. The van der Waals surface area contributed by atoms with Gasteiger partial charge in [-0.3, -0.25) is 0 Å². The molecular weight excluding hydrogens is 340 g/mol. The average molecular weight is 357 g/mol. The van der Waals surface area contributed by atoms with Crippen molar-refractivity contribution in [3.63, 3.8) is 0 Å². The zero-order valence-corrected chi connectivity index (χ0v) is 15.2. The lowest BCUT2D eigenvalue weighted by molar-refractivity contribution is -0.646. The van der Waals surface area contributed by atoms with E-state index in [1.807, 2.05) is 49.8 Å². The molecule has 0 saturated heterocycles. The average Bonchev–Trinajstić information content (AvgIpc) is 3.34. The molecule has 27 heavy (non-hydrogen) atoms. The van der Waals surface area contributed by atoms with Crippen molar-refractivity contribution in [2.24, 2.45) is 7.05 Å². The third kappa shape index (κ3) is 1.64. The topological polar surface area (TPSA) is 52.1 Å². The van der Waals surface area contributed by atoms with Crippen molar-refractivity contribution < 1.29 is 9.30 Å². The highest BCUT2D eigenvalue weighted by Crippen LogP contribution is 2.30. The van der Waals surface area contributed by atoms with Crippen LogP contribution in [0.1, 0.15) is 5.56 Å². The molecule has 0 amide bonds. The Hall–Kier alpha value is -3.61. The van der Waals surface area contributed by atoms with Gasteiger partial charge in [0.15, 0.2) is 0 Å². The molecule has 0 aliphatic carbocycles. The molecule has 6 aromatic rings. The summed E-state index contributed by atoms with van der Waals surface area (Å²) in [7, 11) is 3.74. The second kappa shape index (κ2) is 4.76. The summed E-state index contributed by atoms with van der Waals surface area (Å²) in [6.07, 6.45) is 4.08. The summed E-state index contributed by atoms with van der Waals surface area (Å²) >= 11 is 0. The minimum Gasteiger partial charge on any atom is -0.496 e. The third-order valence-corrected chi connectivity index (χ3v) is 5.35. The van der Waals surface area contributed by atoms with Crippen molar-refractivity contribution in [2.45, 2.75) is 6.92 Å². The van der Waals surface area contributed by atoms with Crippen LogP contribution in [0.2, 0.25) is 0 Å². The summed E-state index contributed by atoms with van der Waals surface area (Å²) in [6.45, 7) is 2.07. The van der Waals surface area contributed by atoms with Crippen molar-refractivity contribution in [3.8, 4) is 5.75 Å². The summed E-state index contributed by atoms with van der Waals surface area (Å²) < 4.78 is 14.1. The van der Waals surface area contributed by atoms with Crippen LogP contribution in [0.15, 0.2) is 48.8 Å². The molecule has 0 aliphatic rings. The first-order valence-corrected chi connectivity index (χ1v) is 8.80. The molecule has 0 aliphatic heterocycles. The minimum atomic E-state index is 0.840. The smallest absolute Gasteiger partial charge is 0.379 e. The molecule has 4 heterocycles. The molecule has 7 heteroatoms. The molecular formula is C20H17N6O+. The maximum absolute atomic E-state index is 5.56. The standard InChI is InChI=1S/C20H17N6O/c1-12-16(27-3)9-8-14-17(12)26-19(22-14)25-15-7-5-4-6-13(15)21-18(25)24-11-10-23(2)20(24)26/h4-11H,1-3H3/q+1. The van der Waals surface area contributed by atoms with Crippen LogP contribution in [0.5, 0.6) is 5.75 Å². The van der Waals surface area contributed by atoms with Gasteiger partial charge >= 0.3 is 5.78 Å². The molecule has 0 saturated carbocycles. The number of benzene rings is 2. The highest BCUT2D eigenvalue weighted by molar-refractivity contribution is 5.89. The Balaban J connectivity index is 2.03. The first kappa shape index (κ1) is 14.5. The number of hydrogen-bond donors (Lipinski definition) is 0. The van der Waals surface area contributed by atoms with E-state index in [0.29, 0.717) is 0 Å². The third-order valence-electron chi connectivity index (χ3n) is 5.35. The van der Waals surface area contributed by atoms with Crippen molar-refractivity contribution in [1.29, 1.82) is 0 Å². The van der Waals surface area contributed by atoms with Gasteiger partial charge < -0.3 is 4.74 Å². The number of rotatable bonds is 1. The lowest BCUT2D eigenvalue weighted by atomic mass is 10.2. The van der Waals surface area contributed by atoms with Gasteiger partial charge in [-0.25, -0.2) is 8.97 Å². The normalized spacial score (nSPS) is 12.3. The molecule has 0 unspecified atom stereocenters. The molecule has 132 valence electrons. The number of para-hydroxylation sites is 2. The van der Waals surface area contributed by atoms with Crippen molar-refractivity contribution in [3.05, 3.63) is 54.4 Å². The quantitative estimate of drug-likeness (QED) is 0.425. The van der Waals surface area contributed by atoms with Crippen LogP contribution in [0.25, 0.3) is 39.4 Å². The first-order chi connectivity index (χ1) is 13.2. The SMILES string of the molecule is COc1ccc2nc3n4c5ccccc5nc4n4cc[n+](C)c4n3c2c1C. The molecule has 6 rings (SSSR count). The number of aryl methyl sites for hydroxylation is 2. The molecule has 0 bridgehead atoms.